The second kappa shape index (κ2) is 9.05. The number of benzene rings is 2. The molecular weight excluding hydrogens is 463 g/mol. The molecule has 0 saturated carbocycles. The monoisotopic (exact) mass is 486 g/mol. The minimum atomic E-state index is -0.192. The maximum absolute atomic E-state index is 12.0. The van der Waals surface area contributed by atoms with Gasteiger partial charge < -0.3 is 9.88 Å². The molecule has 0 aliphatic rings. The number of aryl methyl sites for hydroxylation is 2. The third-order valence-electron chi connectivity index (χ3n) is 4.52. The van der Waals surface area contributed by atoms with Crippen LogP contribution < -0.4 is 10.7 Å². The molecule has 0 radical (unpaired) electrons. The number of halogens is 1. The van der Waals surface area contributed by atoms with Crippen molar-refractivity contribution < 1.29 is 4.79 Å². The molecule has 0 fully saturated rings. The molecule has 1 heterocycles. The van der Waals surface area contributed by atoms with E-state index in [1.807, 2.05) is 36.4 Å². The Morgan fingerprint density at radius 1 is 1.11 bits per heavy atom. The number of amides is 1. The lowest BCUT2D eigenvalue weighted by Crippen LogP contribution is -2.25. The Balaban J connectivity index is 1.63. The van der Waals surface area contributed by atoms with E-state index in [1.54, 1.807) is 6.21 Å². The van der Waals surface area contributed by atoms with Crippen molar-refractivity contribution >= 4 is 40.4 Å². The first kappa shape index (κ1) is 20.1. The number of carbonyl (C=O) groups excluding carboxylic acids is 1. The van der Waals surface area contributed by atoms with Gasteiger partial charge in [0, 0.05) is 31.9 Å². The van der Waals surface area contributed by atoms with Gasteiger partial charge in [-0.3, -0.25) is 4.79 Å². The molecule has 1 aromatic heterocycles. The van der Waals surface area contributed by atoms with Crippen LogP contribution in [-0.4, -0.2) is 23.2 Å². The van der Waals surface area contributed by atoms with Crippen LogP contribution in [0.5, 0.6) is 0 Å². The van der Waals surface area contributed by atoms with E-state index in [9.17, 15) is 4.79 Å². The Bertz CT molecular complexity index is 1010. The highest BCUT2D eigenvalue weighted by atomic mass is 127. The molecule has 1 amide bonds. The van der Waals surface area contributed by atoms with E-state index in [4.69, 9.17) is 0 Å². The second-order valence-corrected chi connectivity index (χ2v) is 7.85. The predicted octanol–water partition coefficient (Wildman–Crippen LogP) is 4.57. The maximum Gasteiger partial charge on any atom is 0.259 e. The van der Waals surface area contributed by atoms with Crippen LogP contribution in [0.4, 0.5) is 5.69 Å². The number of aromatic nitrogens is 1. The summed E-state index contributed by atoms with van der Waals surface area (Å²) in [7, 11) is 0. The van der Waals surface area contributed by atoms with Gasteiger partial charge in [0.1, 0.15) is 0 Å². The van der Waals surface area contributed by atoms with Gasteiger partial charge in [0.2, 0.25) is 0 Å². The number of hydrogen-bond acceptors (Lipinski definition) is 3. The summed E-state index contributed by atoms with van der Waals surface area (Å²) in [6, 6.07) is 18.2. The van der Waals surface area contributed by atoms with Gasteiger partial charge in [0.25, 0.3) is 5.91 Å². The normalized spacial score (nSPS) is 11.0. The third-order valence-corrected chi connectivity index (χ3v) is 5.24. The molecular formula is C22H23IN4O. The summed E-state index contributed by atoms with van der Waals surface area (Å²) in [5.74, 6) is -0.192. The van der Waals surface area contributed by atoms with E-state index in [2.05, 4.69) is 82.0 Å². The van der Waals surface area contributed by atoms with Crippen LogP contribution in [0, 0.1) is 24.3 Å². The molecule has 3 aromatic rings. The number of hydrogen-bond donors (Lipinski definition) is 2. The van der Waals surface area contributed by atoms with Crippen LogP contribution in [0.25, 0.3) is 5.69 Å². The molecule has 0 bridgehead atoms. The van der Waals surface area contributed by atoms with E-state index in [0.29, 0.717) is 0 Å². The van der Waals surface area contributed by atoms with Crippen LogP contribution in [-0.2, 0) is 4.79 Å². The van der Waals surface area contributed by atoms with Gasteiger partial charge in [-0.1, -0.05) is 18.2 Å². The molecule has 0 saturated heterocycles. The Kier molecular flexibility index (Phi) is 6.51. The zero-order valence-electron chi connectivity index (χ0n) is 16.2. The van der Waals surface area contributed by atoms with Gasteiger partial charge in [-0.25, -0.2) is 5.43 Å². The first-order chi connectivity index (χ1) is 13.5. The zero-order chi connectivity index (χ0) is 20.1. The van der Waals surface area contributed by atoms with Gasteiger partial charge in [-0.15, -0.1) is 0 Å². The van der Waals surface area contributed by atoms with E-state index in [1.165, 1.54) is 5.56 Å². The molecule has 6 heteroatoms. The van der Waals surface area contributed by atoms with Crippen LogP contribution in [0.2, 0.25) is 0 Å². The smallest absolute Gasteiger partial charge is 0.259 e. The third kappa shape index (κ3) is 4.81. The average Bonchev–Trinajstić information content (AvgIpc) is 2.95. The molecule has 3 rings (SSSR count). The Morgan fingerprint density at radius 3 is 2.54 bits per heavy atom. The summed E-state index contributed by atoms with van der Waals surface area (Å²) in [4.78, 5) is 12.0. The van der Waals surface area contributed by atoms with Crippen molar-refractivity contribution in [1.29, 1.82) is 0 Å². The fourth-order valence-electron chi connectivity index (χ4n) is 3.07. The van der Waals surface area contributed by atoms with Crippen LogP contribution in [0.1, 0.15) is 22.5 Å². The molecule has 144 valence electrons. The summed E-state index contributed by atoms with van der Waals surface area (Å²) in [6.07, 6.45) is 1.69. The first-order valence-electron chi connectivity index (χ1n) is 9.02. The highest BCUT2D eigenvalue weighted by Gasteiger charge is 2.11. The van der Waals surface area contributed by atoms with Crippen molar-refractivity contribution in [2.75, 3.05) is 11.9 Å². The topological polar surface area (TPSA) is 58.4 Å². The SMILES string of the molecule is Cc1ccccc1-n1c(C)cc(/C=N\NC(=O)CNc2ccc(I)cc2)c1C. The van der Waals surface area contributed by atoms with Crippen molar-refractivity contribution in [3.05, 3.63) is 80.7 Å². The number of nitrogens with one attached hydrogen (secondary N) is 2. The van der Waals surface area contributed by atoms with E-state index >= 15 is 0 Å². The average molecular weight is 486 g/mol. The van der Waals surface area contributed by atoms with Gasteiger partial charge in [0.15, 0.2) is 0 Å². The number of carbonyl (C=O) groups is 1. The van der Waals surface area contributed by atoms with Gasteiger partial charge in [-0.2, -0.15) is 5.10 Å². The highest BCUT2D eigenvalue weighted by molar-refractivity contribution is 14.1. The van der Waals surface area contributed by atoms with E-state index < -0.39 is 0 Å². The van der Waals surface area contributed by atoms with Crippen molar-refractivity contribution in [2.24, 2.45) is 5.10 Å². The Labute approximate surface area is 179 Å². The lowest BCUT2D eigenvalue weighted by atomic mass is 10.2. The minimum Gasteiger partial charge on any atom is -0.376 e. The number of nitrogens with zero attached hydrogens (tertiary/aromatic N) is 2. The summed E-state index contributed by atoms with van der Waals surface area (Å²) in [5, 5.41) is 7.20. The van der Waals surface area contributed by atoms with Crippen LogP contribution >= 0.6 is 22.6 Å². The second-order valence-electron chi connectivity index (χ2n) is 6.60. The highest BCUT2D eigenvalue weighted by Crippen LogP contribution is 2.22. The molecule has 0 aliphatic carbocycles. The van der Waals surface area contributed by atoms with Crippen molar-refractivity contribution in [2.45, 2.75) is 20.8 Å². The van der Waals surface area contributed by atoms with Crippen molar-refractivity contribution in [1.82, 2.24) is 9.99 Å². The van der Waals surface area contributed by atoms with Crippen molar-refractivity contribution in [3.8, 4) is 5.69 Å². The number of hydrazone groups is 1. The minimum absolute atomic E-state index is 0.167. The standard InChI is InChI=1S/C22H23IN4O/c1-15-6-4-5-7-21(15)27-16(2)12-18(17(27)3)13-25-26-22(28)14-24-20-10-8-19(23)9-11-20/h4-13,24H,14H2,1-3H3,(H,26,28)/b25-13-. The number of anilines is 1. The summed E-state index contributed by atoms with van der Waals surface area (Å²) in [6.45, 7) is 6.39. The summed E-state index contributed by atoms with van der Waals surface area (Å²) in [5.41, 5.74) is 9.04. The van der Waals surface area contributed by atoms with Gasteiger partial charge in [0.05, 0.1) is 12.8 Å². The Morgan fingerprint density at radius 2 is 1.82 bits per heavy atom. The van der Waals surface area contributed by atoms with E-state index in [0.717, 1.165) is 31.9 Å². The Hall–Kier alpha value is -2.61. The summed E-state index contributed by atoms with van der Waals surface area (Å²) >= 11 is 2.25. The molecule has 28 heavy (non-hydrogen) atoms. The predicted molar refractivity (Wildman–Crippen MR) is 123 cm³/mol. The van der Waals surface area contributed by atoms with E-state index in [-0.39, 0.29) is 12.5 Å². The van der Waals surface area contributed by atoms with Crippen LogP contribution in [0.3, 0.4) is 0 Å². The zero-order valence-corrected chi connectivity index (χ0v) is 18.3. The molecule has 2 N–H and O–H groups in total. The van der Waals surface area contributed by atoms with Gasteiger partial charge >= 0.3 is 0 Å². The number of rotatable bonds is 6. The molecule has 0 atom stereocenters. The lowest BCUT2D eigenvalue weighted by molar-refractivity contribution is -0.119. The largest absolute Gasteiger partial charge is 0.376 e. The lowest BCUT2D eigenvalue weighted by Gasteiger charge is -2.12. The molecule has 5 nitrogen and oxygen atoms in total. The number of para-hydroxylation sites is 1. The van der Waals surface area contributed by atoms with Crippen LogP contribution in [0.15, 0.2) is 59.7 Å². The summed E-state index contributed by atoms with van der Waals surface area (Å²) < 4.78 is 3.36. The maximum atomic E-state index is 12.0. The quantitative estimate of drug-likeness (QED) is 0.305. The molecule has 0 spiro atoms. The van der Waals surface area contributed by atoms with Gasteiger partial charge in [-0.05, 0) is 85.3 Å². The molecule has 2 aromatic carbocycles. The fourth-order valence-corrected chi connectivity index (χ4v) is 3.43. The fraction of sp³-hybridized carbons (Fsp3) is 0.182. The van der Waals surface area contributed by atoms with Crippen molar-refractivity contribution in [3.63, 3.8) is 0 Å². The first-order valence-corrected chi connectivity index (χ1v) is 10.1. The molecule has 0 unspecified atom stereocenters. The molecule has 0 aliphatic heterocycles.